The Balaban J connectivity index is 2.38. The first-order valence-electron chi connectivity index (χ1n) is 6.03. The summed E-state index contributed by atoms with van der Waals surface area (Å²) < 4.78 is 60.3. The Morgan fingerprint density at radius 2 is 1.91 bits per heavy atom. The summed E-state index contributed by atoms with van der Waals surface area (Å²) in [5, 5.41) is 9.00. The highest BCUT2D eigenvalue weighted by molar-refractivity contribution is 7.86. The molecule has 10 heteroatoms. The molecule has 0 radical (unpaired) electrons. The number of hydrogen-bond donors (Lipinski definition) is 1. The summed E-state index contributed by atoms with van der Waals surface area (Å²) in [6.07, 6.45) is -0.332. The van der Waals surface area contributed by atoms with Crippen LogP contribution in [0.3, 0.4) is 0 Å². The topological polar surface area (TPSA) is 91.8 Å². The number of benzene rings is 1. The Hall–Kier alpha value is -2.10. The van der Waals surface area contributed by atoms with Crippen molar-refractivity contribution >= 4 is 27.8 Å². The quantitative estimate of drug-likeness (QED) is 0.837. The van der Waals surface area contributed by atoms with Crippen molar-refractivity contribution in [3.05, 3.63) is 29.3 Å². The van der Waals surface area contributed by atoms with Crippen LogP contribution in [0.4, 0.5) is 18.4 Å². The number of aromatic carboxylic acids is 1. The molecular weight excluding hydrogens is 327 g/mol. The Kier molecular flexibility index (Phi) is 4.14. The molecule has 1 heterocycles. The summed E-state index contributed by atoms with van der Waals surface area (Å²) in [4.78, 5) is 23.7. The Labute approximate surface area is 123 Å². The van der Waals surface area contributed by atoms with Crippen LogP contribution >= 0.6 is 0 Å². The fraction of sp³-hybridized carbons (Fsp3) is 0.333. The number of halogens is 3. The molecule has 0 aromatic heterocycles. The van der Waals surface area contributed by atoms with Crippen LogP contribution in [0.2, 0.25) is 0 Å². The van der Waals surface area contributed by atoms with Gasteiger partial charge in [0.15, 0.2) is 11.6 Å². The van der Waals surface area contributed by atoms with Crippen molar-refractivity contribution in [1.82, 2.24) is 0 Å². The molecule has 1 fully saturated rings. The minimum absolute atomic E-state index is 0.298. The predicted molar refractivity (Wildman–Crippen MR) is 68.7 cm³/mol. The lowest BCUT2D eigenvalue weighted by Crippen LogP contribution is -2.27. The maximum absolute atomic E-state index is 13.3. The lowest BCUT2D eigenvalue weighted by atomic mass is 10.1. The lowest BCUT2D eigenvalue weighted by molar-refractivity contribution is -0.117. The van der Waals surface area contributed by atoms with Gasteiger partial charge in [-0.15, -0.1) is 3.89 Å². The molecule has 1 atom stereocenters. The van der Waals surface area contributed by atoms with Gasteiger partial charge in [0, 0.05) is 24.9 Å². The normalized spacial score (nSPS) is 18.8. The molecule has 22 heavy (non-hydrogen) atoms. The van der Waals surface area contributed by atoms with Gasteiger partial charge in [-0.3, -0.25) is 4.79 Å². The minimum atomic E-state index is -4.81. The average molecular weight is 337 g/mol. The zero-order valence-corrected chi connectivity index (χ0v) is 11.7. The molecule has 1 aliphatic heterocycles. The van der Waals surface area contributed by atoms with Crippen molar-refractivity contribution < 1.29 is 35.8 Å². The lowest BCUT2D eigenvalue weighted by Gasteiger charge is -2.19. The van der Waals surface area contributed by atoms with E-state index in [-0.39, 0.29) is 13.0 Å². The van der Waals surface area contributed by atoms with Gasteiger partial charge < -0.3 is 10.0 Å². The highest BCUT2D eigenvalue weighted by Crippen LogP contribution is 2.30. The van der Waals surface area contributed by atoms with Gasteiger partial charge in [0.1, 0.15) is 0 Å². The van der Waals surface area contributed by atoms with Crippen LogP contribution in [0.1, 0.15) is 16.8 Å². The number of hydrogen-bond acceptors (Lipinski definition) is 4. The molecule has 120 valence electrons. The van der Waals surface area contributed by atoms with Crippen molar-refractivity contribution in [1.29, 1.82) is 0 Å². The Bertz CT molecular complexity index is 749. The second kappa shape index (κ2) is 5.59. The first-order valence-corrected chi connectivity index (χ1v) is 7.59. The third-order valence-electron chi connectivity index (χ3n) is 3.20. The van der Waals surface area contributed by atoms with Crippen molar-refractivity contribution in [3.63, 3.8) is 0 Å². The zero-order chi connectivity index (χ0) is 16.7. The van der Waals surface area contributed by atoms with E-state index in [1.54, 1.807) is 0 Å². The number of anilines is 1. The molecule has 1 aromatic carbocycles. The number of carbonyl (C=O) groups excluding carboxylic acids is 1. The van der Waals surface area contributed by atoms with E-state index in [9.17, 15) is 30.7 Å². The molecule has 1 aliphatic rings. The molecule has 0 spiro atoms. The summed E-state index contributed by atoms with van der Waals surface area (Å²) in [5.74, 6) is -6.81. The first-order chi connectivity index (χ1) is 10.1. The number of carbonyl (C=O) groups is 2. The molecule has 1 amide bonds. The molecule has 0 saturated carbocycles. The number of rotatable bonds is 4. The molecule has 2 rings (SSSR count). The molecule has 1 N–H and O–H groups in total. The van der Waals surface area contributed by atoms with Crippen molar-refractivity contribution in [3.8, 4) is 0 Å². The second-order valence-corrected chi connectivity index (χ2v) is 6.28. The zero-order valence-electron chi connectivity index (χ0n) is 10.9. The first kappa shape index (κ1) is 16.3. The monoisotopic (exact) mass is 337 g/mol. The van der Waals surface area contributed by atoms with E-state index in [1.165, 1.54) is 0 Å². The van der Waals surface area contributed by atoms with Gasteiger partial charge in [0.05, 0.1) is 17.0 Å². The maximum atomic E-state index is 13.3. The van der Waals surface area contributed by atoms with Gasteiger partial charge in [0.2, 0.25) is 5.91 Å². The summed E-state index contributed by atoms with van der Waals surface area (Å²) in [7, 11) is -4.81. The van der Waals surface area contributed by atoms with Gasteiger partial charge in [0.25, 0.3) is 0 Å². The number of nitrogens with zero attached hydrogens (tertiary/aromatic N) is 1. The molecule has 0 bridgehead atoms. The number of carboxylic acids is 1. The SMILES string of the molecule is O=C(O)c1cc(F)c(F)cc1N1CC(CS(=O)(=O)F)CC1=O. The van der Waals surface area contributed by atoms with E-state index in [0.717, 1.165) is 4.90 Å². The highest BCUT2D eigenvalue weighted by Gasteiger charge is 2.35. The third-order valence-corrected chi connectivity index (χ3v) is 4.07. The van der Waals surface area contributed by atoms with Gasteiger partial charge in [-0.05, 0) is 6.07 Å². The molecule has 0 aliphatic carbocycles. The smallest absolute Gasteiger partial charge is 0.337 e. The van der Waals surface area contributed by atoms with Crippen molar-refractivity contribution in [2.24, 2.45) is 5.92 Å². The molecule has 1 saturated heterocycles. The molecule has 1 unspecified atom stereocenters. The van der Waals surface area contributed by atoms with Gasteiger partial charge in [-0.2, -0.15) is 8.42 Å². The highest BCUT2D eigenvalue weighted by atomic mass is 32.3. The average Bonchev–Trinajstić information content (AvgIpc) is 2.70. The van der Waals surface area contributed by atoms with E-state index >= 15 is 0 Å². The van der Waals surface area contributed by atoms with Gasteiger partial charge >= 0.3 is 16.2 Å². The molecule has 1 aromatic rings. The van der Waals surface area contributed by atoms with Crippen LogP contribution in [-0.2, 0) is 15.0 Å². The van der Waals surface area contributed by atoms with Crippen LogP contribution in [0.25, 0.3) is 0 Å². The number of amides is 1. The van der Waals surface area contributed by atoms with E-state index in [2.05, 4.69) is 0 Å². The van der Waals surface area contributed by atoms with E-state index in [0.29, 0.717) is 12.1 Å². The summed E-state index contributed by atoms with van der Waals surface area (Å²) in [6.45, 7) is -0.298. The molecule has 6 nitrogen and oxygen atoms in total. The molecular formula is C12H10F3NO5S. The second-order valence-electron chi connectivity index (χ2n) is 4.87. The van der Waals surface area contributed by atoms with Crippen molar-refractivity contribution in [2.45, 2.75) is 6.42 Å². The van der Waals surface area contributed by atoms with Crippen LogP contribution in [0, 0.1) is 17.6 Å². The standard InChI is InChI=1S/C12H10F3NO5S/c13-8-2-7(12(18)19)10(3-9(8)14)16-4-6(1-11(16)17)5-22(15,20)21/h2-3,6H,1,4-5H2,(H,18,19). The van der Waals surface area contributed by atoms with Crippen molar-refractivity contribution in [2.75, 3.05) is 17.2 Å². The van der Waals surface area contributed by atoms with Crippen LogP contribution in [0.5, 0.6) is 0 Å². The van der Waals surface area contributed by atoms with E-state index in [4.69, 9.17) is 5.11 Å². The fourth-order valence-electron chi connectivity index (χ4n) is 2.34. The third kappa shape index (κ3) is 3.38. The van der Waals surface area contributed by atoms with Gasteiger partial charge in [-0.1, -0.05) is 0 Å². The number of carboxylic acid groups (broad SMARTS) is 1. The summed E-state index contributed by atoms with van der Waals surface area (Å²) >= 11 is 0. The van der Waals surface area contributed by atoms with Crippen LogP contribution in [-0.4, -0.2) is 37.7 Å². The maximum Gasteiger partial charge on any atom is 0.337 e. The van der Waals surface area contributed by atoms with Crippen LogP contribution in [0.15, 0.2) is 12.1 Å². The summed E-state index contributed by atoms with van der Waals surface area (Å²) in [5.41, 5.74) is -1.04. The van der Waals surface area contributed by atoms with Crippen LogP contribution < -0.4 is 4.90 Å². The van der Waals surface area contributed by atoms with E-state index < -0.39 is 56.7 Å². The predicted octanol–water partition coefficient (Wildman–Crippen LogP) is 1.32. The Morgan fingerprint density at radius 3 is 2.45 bits per heavy atom. The van der Waals surface area contributed by atoms with E-state index in [1.807, 2.05) is 0 Å². The Morgan fingerprint density at radius 1 is 1.32 bits per heavy atom. The summed E-state index contributed by atoms with van der Waals surface area (Å²) in [6, 6.07) is 0.975. The fourth-order valence-corrected chi connectivity index (χ4v) is 3.12. The van der Waals surface area contributed by atoms with Gasteiger partial charge in [-0.25, -0.2) is 13.6 Å². The minimum Gasteiger partial charge on any atom is -0.478 e. The largest absolute Gasteiger partial charge is 0.478 e.